The fraction of sp³-hybridized carbons (Fsp3) is 0. The van der Waals surface area contributed by atoms with Gasteiger partial charge >= 0.3 is 0 Å². The van der Waals surface area contributed by atoms with Crippen LogP contribution in [0.4, 0.5) is 5.69 Å². The minimum absolute atomic E-state index is 0.335. The molecule has 0 unspecified atom stereocenters. The number of anilines is 1. The average molecular weight is 324 g/mol. The third-order valence-corrected chi connectivity index (χ3v) is 3.42. The largest absolute Gasteiger partial charge is 0.346 e. The van der Waals surface area contributed by atoms with Gasteiger partial charge in [-0.15, -0.1) is 0 Å². The summed E-state index contributed by atoms with van der Waals surface area (Å²) < 4.78 is 0. The predicted octanol–water partition coefficient (Wildman–Crippen LogP) is 5.62. The van der Waals surface area contributed by atoms with Gasteiger partial charge in [-0.25, -0.2) is 0 Å². The highest BCUT2D eigenvalue weighted by molar-refractivity contribution is 6.35. The molecule has 0 aromatic heterocycles. The molecule has 20 heavy (non-hydrogen) atoms. The van der Waals surface area contributed by atoms with Crippen molar-refractivity contribution in [3.05, 3.63) is 68.8 Å². The van der Waals surface area contributed by atoms with Gasteiger partial charge in [0, 0.05) is 10.0 Å². The predicted molar refractivity (Wildman–Crippen MR) is 85.1 cm³/mol. The second kappa shape index (κ2) is 6.67. The van der Waals surface area contributed by atoms with E-state index in [9.17, 15) is 5.26 Å². The summed E-state index contributed by atoms with van der Waals surface area (Å²) in [4.78, 5) is 0. The van der Waals surface area contributed by atoms with Gasteiger partial charge in [-0.3, -0.25) is 0 Å². The lowest BCUT2D eigenvalue weighted by atomic mass is 10.2. The van der Waals surface area contributed by atoms with Gasteiger partial charge in [-0.05, 0) is 35.9 Å². The van der Waals surface area contributed by atoms with Crippen molar-refractivity contribution >= 4 is 46.6 Å². The normalized spacial score (nSPS) is 11.0. The molecule has 0 amide bonds. The molecule has 0 aliphatic rings. The van der Waals surface area contributed by atoms with Gasteiger partial charge in [0.25, 0.3) is 0 Å². The second-order valence-corrected chi connectivity index (χ2v) is 5.19. The van der Waals surface area contributed by atoms with E-state index in [1.807, 2.05) is 12.1 Å². The van der Waals surface area contributed by atoms with Crippen molar-refractivity contribution < 1.29 is 0 Å². The molecule has 0 aliphatic heterocycles. The lowest BCUT2D eigenvalue weighted by Crippen LogP contribution is -1.97. The van der Waals surface area contributed by atoms with Crippen molar-refractivity contribution in [3.8, 4) is 6.07 Å². The molecular formula is C15H9Cl3N2. The number of hydrogen-bond donors (Lipinski definition) is 1. The zero-order chi connectivity index (χ0) is 14.5. The number of para-hydroxylation sites is 1. The Labute approximate surface area is 132 Å². The molecule has 0 saturated carbocycles. The molecule has 0 fully saturated rings. The first-order valence-corrected chi connectivity index (χ1v) is 6.82. The lowest BCUT2D eigenvalue weighted by molar-refractivity contribution is 1.44. The molecule has 0 aliphatic carbocycles. The van der Waals surface area contributed by atoms with Crippen LogP contribution in [0.25, 0.3) is 6.08 Å². The molecule has 2 rings (SSSR count). The summed E-state index contributed by atoms with van der Waals surface area (Å²) in [5.41, 5.74) is 1.70. The Morgan fingerprint density at radius 1 is 1.05 bits per heavy atom. The van der Waals surface area contributed by atoms with E-state index in [0.29, 0.717) is 32.0 Å². The van der Waals surface area contributed by atoms with Crippen LogP contribution in [0.5, 0.6) is 0 Å². The highest BCUT2D eigenvalue weighted by Crippen LogP contribution is 2.25. The number of nitrogens with zero attached hydrogens (tertiary/aromatic N) is 1. The Morgan fingerprint density at radius 2 is 1.80 bits per heavy atom. The van der Waals surface area contributed by atoms with Crippen LogP contribution in [0.15, 0.2) is 48.2 Å². The summed E-state index contributed by atoms with van der Waals surface area (Å²) in [5.74, 6) is 0. The smallest absolute Gasteiger partial charge is 0.118 e. The van der Waals surface area contributed by atoms with Crippen molar-refractivity contribution in [2.75, 3.05) is 5.32 Å². The second-order valence-electron chi connectivity index (χ2n) is 3.94. The van der Waals surface area contributed by atoms with E-state index < -0.39 is 0 Å². The van der Waals surface area contributed by atoms with Gasteiger partial charge in [0.1, 0.15) is 11.8 Å². The van der Waals surface area contributed by atoms with Crippen molar-refractivity contribution in [1.82, 2.24) is 0 Å². The molecule has 2 aromatic rings. The first kappa shape index (κ1) is 14.7. The van der Waals surface area contributed by atoms with Crippen molar-refractivity contribution in [3.63, 3.8) is 0 Å². The van der Waals surface area contributed by atoms with Gasteiger partial charge in [0.2, 0.25) is 0 Å². The molecule has 2 nitrogen and oxygen atoms in total. The van der Waals surface area contributed by atoms with E-state index in [1.165, 1.54) is 0 Å². The third kappa shape index (κ3) is 3.68. The lowest BCUT2D eigenvalue weighted by Gasteiger charge is -2.07. The van der Waals surface area contributed by atoms with Crippen LogP contribution in [0.1, 0.15) is 5.56 Å². The standard InChI is InChI=1S/C15H9Cl3N2/c16-11-6-5-10(14(18)8-11)7-12(9-19)20-15-4-2-1-3-13(15)17/h1-8,20H/b12-7+. The van der Waals surface area contributed by atoms with E-state index in [-0.39, 0.29) is 0 Å². The minimum Gasteiger partial charge on any atom is -0.346 e. The van der Waals surface area contributed by atoms with E-state index in [0.717, 1.165) is 0 Å². The number of nitrogens with one attached hydrogen (secondary N) is 1. The first-order valence-electron chi connectivity index (χ1n) is 5.68. The van der Waals surface area contributed by atoms with Crippen molar-refractivity contribution in [1.29, 1.82) is 5.26 Å². The van der Waals surface area contributed by atoms with Gasteiger partial charge in [-0.1, -0.05) is 53.0 Å². The molecule has 0 saturated heterocycles. The van der Waals surface area contributed by atoms with Crippen LogP contribution in [0, 0.1) is 11.3 Å². The fourth-order valence-corrected chi connectivity index (χ4v) is 2.22. The van der Waals surface area contributed by atoms with Crippen LogP contribution in [0.2, 0.25) is 15.1 Å². The number of allylic oxidation sites excluding steroid dienone is 1. The topological polar surface area (TPSA) is 35.8 Å². The minimum atomic E-state index is 0.335. The van der Waals surface area contributed by atoms with Gasteiger partial charge in [0.15, 0.2) is 0 Å². The Balaban J connectivity index is 2.31. The van der Waals surface area contributed by atoms with E-state index >= 15 is 0 Å². The maximum absolute atomic E-state index is 9.19. The molecule has 0 bridgehead atoms. The fourth-order valence-electron chi connectivity index (χ4n) is 1.58. The highest BCUT2D eigenvalue weighted by atomic mass is 35.5. The highest BCUT2D eigenvalue weighted by Gasteiger charge is 2.04. The molecule has 0 spiro atoms. The van der Waals surface area contributed by atoms with Gasteiger partial charge < -0.3 is 5.32 Å². The zero-order valence-electron chi connectivity index (χ0n) is 10.2. The molecule has 1 N–H and O–H groups in total. The van der Waals surface area contributed by atoms with Gasteiger partial charge in [0.05, 0.1) is 10.7 Å². The summed E-state index contributed by atoms with van der Waals surface area (Å²) in [6.07, 6.45) is 1.64. The van der Waals surface area contributed by atoms with Crippen molar-refractivity contribution in [2.24, 2.45) is 0 Å². The van der Waals surface area contributed by atoms with Crippen LogP contribution in [0.3, 0.4) is 0 Å². The van der Waals surface area contributed by atoms with E-state index in [1.54, 1.807) is 36.4 Å². The molecule has 0 atom stereocenters. The van der Waals surface area contributed by atoms with E-state index in [4.69, 9.17) is 34.8 Å². The Hall–Kier alpha value is -1.66. The number of benzene rings is 2. The number of nitriles is 1. The Bertz CT molecular complexity index is 703. The molecular weight excluding hydrogens is 315 g/mol. The average Bonchev–Trinajstić information content (AvgIpc) is 2.43. The number of hydrogen-bond acceptors (Lipinski definition) is 2. The first-order chi connectivity index (χ1) is 9.60. The summed E-state index contributed by atoms with van der Waals surface area (Å²) in [6, 6.07) is 14.3. The molecule has 2 aromatic carbocycles. The number of halogens is 3. The van der Waals surface area contributed by atoms with Gasteiger partial charge in [-0.2, -0.15) is 5.26 Å². The molecule has 0 heterocycles. The molecule has 5 heteroatoms. The van der Waals surface area contributed by atoms with Crippen LogP contribution in [-0.2, 0) is 0 Å². The van der Waals surface area contributed by atoms with Crippen molar-refractivity contribution in [2.45, 2.75) is 0 Å². The van der Waals surface area contributed by atoms with Crippen LogP contribution >= 0.6 is 34.8 Å². The maximum Gasteiger partial charge on any atom is 0.118 e. The monoisotopic (exact) mass is 322 g/mol. The van der Waals surface area contributed by atoms with Crippen LogP contribution in [-0.4, -0.2) is 0 Å². The van der Waals surface area contributed by atoms with Crippen LogP contribution < -0.4 is 5.32 Å². The SMILES string of the molecule is N#C/C(=C\c1ccc(Cl)cc1Cl)Nc1ccccc1Cl. The maximum atomic E-state index is 9.19. The summed E-state index contributed by atoms with van der Waals surface area (Å²) in [5, 5.41) is 13.7. The quantitative estimate of drug-likeness (QED) is 0.744. The zero-order valence-corrected chi connectivity index (χ0v) is 12.5. The number of rotatable bonds is 3. The Morgan fingerprint density at radius 3 is 2.45 bits per heavy atom. The summed E-state index contributed by atoms with van der Waals surface area (Å²) >= 11 is 17.9. The summed E-state index contributed by atoms with van der Waals surface area (Å²) in [7, 11) is 0. The molecule has 100 valence electrons. The Kier molecular flexibility index (Phi) is 4.92. The third-order valence-electron chi connectivity index (χ3n) is 2.53. The molecule has 0 radical (unpaired) electrons. The van der Waals surface area contributed by atoms with E-state index in [2.05, 4.69) is 11.4 Å². The summed E-state index contributed by atoms with van der Waals surface area (Å²) in [6.45, 7) is 0.